The number of phenols is 1. The molecule has 7 nitrogen and oxygen atoms in total. The van der Waals surface area contributed by atoms with Gasteiger partial charge in [-0.2, -0.15) is 4.98 Å². The smallest absolute Gasteiger partial charge is 0.362 e. The summed E-state index contributed by atoms with van der Waals surface area (Å²) in [5.41, 5.74) is 2.85. The first-order chi connectivity index (χ1) is 15.6. The minimum Gasteiger partial charge on any atom is -0.508 e. The van der Waals surface area contributed by atoms with Crippen molar-refractivity contribution in [1.29, 1.82) is 0 Å². The molecule has 156 valence electrons. The molecule has 0 amide bonds. The third kappa shape index (κ3) is 3.52. The minimum absolute atomic E-state index is 0.0853. The number of phenolic OH excluding ortho intramolecular Hbond substituents is 1. The van der Waals surface area contributed by atoms with Crippen LogP contribution in [0.5, 0.6) is 11.8 Å². The molecule has 0 fully saturated rings. The predicted octanol–water partition coefficient (Wildman–Crippen LogP) is 5.09. The van der Waals surface area contributed by atoms with Crippen LogP contribution in [-0.4, -0.2) is 27.5 Å². The van der Waals surface area contributed by atoms with E-state index < -0.39 is 0 Å². The second kappa shape index (κ2) is 8.09. The Kier molecular flexibility index (Phi) is 4.97. The van der Waals surface area contributed by atoms with E-state index in [4.69, 9.17) is 4.52 Å². The Bertz CT molecular complexity index is 1440. The van der Waals surface area contributed by atoms with Crippen molar-refractivity contribution in [3.63, 3.8) is 0 Å². The highest BCUT2D eigenvalue weighted by atomic mass is 32.1. The Hall–Kier alpha value is -4.30. The molecule has 2 heterocycles. The van der Waals surface area contributed by atoms with Gasteiger partial charge in [-0.3, -0.25) is 9.59 Å². The Morgan fingerprint density at radius 2 is 1.75 bits per heavy atom. The lowest BCUT2D eigenvalue weighted by molar-refractivity contribution is -0.121. The summed E-state index contributed by atoms with van der Waals surface area (Å²) in [6.07, 6.45) is 0. The van der Waals surface area contributed by atoms with Crippen LogP contribution in [-0.2, 0) is 4.79 Å². The normalized spacial score (nSPS) is 10.9. The Labute approximate surface area is 185 Å². The molecule has 0 atom stereocenters. The van der Waals surface area contributed by atoms with E-state index in [1.54, 1.807) is 36.4 Å². The van der Waals surface area contributed by atoms with Gasteiger partial charge in [-0.05, 0) is 41.1 Å². The van der Waals surface area contributed by atoms with Crippen LogP contribution >= 0.6 is 11.3 Å². The molecule has 0 unspecified atom stereocenters. The number of thiophene rings is 1. The number of fused-ring (bicyclic) bond motifs is 1. The van der Waals surface area contributed by atoms with Gasteiger partial charge in [-0.15, -0.1) is 11.3 Å². The van der Waals surface area contributed by atoms with Crippen molar-refractivity contribution in [3.8, 4) is 34.3 Å². The van der Waals surface area contributed by atoms with Gasteiger partial charge >= 0.3 is 12.5 Å². The lowest BCUT2D eigenvalue weighted by Crippen LogP contribution is -2.00. The van der Waals surface area contributed by atoms with Crippen LogP contribution < -0.4 is 4.74 Å². The van der Waals surface area contributed by atoms with Crippen LogP contribution in [0.25, 0.3) is 32.7 Å². The topological polar surface area (TPSA) is 103 Å². The SMILES string of the molecule is O=COc1noc(-c2ccc(-c3c(C(=O)c4ccccc4)sc4cc(O)ccc34)cc2)n1. The number of hydrogen-bond donors (Lipinski definition) is 1. The van der Waals surface area contributed by atoms with Gasteiger partial charge in [-0.25, -0.2) is 0 Å². The highest BCUT2D eigenvalue weighted by Crippen LogP contribution is 2.41. The van der Waals surface area contributed by atoms with Gasteiger partial charge in [-0.1, -0.05) is 42.5 Å². The van der Waals surface area contributed by atoms with Crippen LogP contribution in [0.3, 0.4) is 0 Å². The number of benzene rings is 3. The number of carbonyl (C=O) groups is 2. The van der Waals surface area contributed by atoms with Crippen molar-refractivity contribution >= 4 is 33.7 Å². The maximum absolute atomic E-state index is 13.3. The molecule has 0 spiro atoms. The lowest BCUT2D eigenvalue weighted by Gasteiger charge is -2.06. The summed E-state index contributed by atoms with van der Waals surface area (Å²) >= 11 is 1.35. The first-order valence-electron chi connectivity index (χ1n) is 9.54. The molecule has 0 saturated heterocycles. The monoisotopic (exact) mass is 442 g/mol. The number of ketones is 1. The molecule has 32 heavy (non-hydrogen) atoms. The molecule has 5 aromatic rings. The van der Waals surface area contributed by atoms with Crippen LogP contribution in [0.15, 0.2) is 77.3 Å². The highest BCUT2D eigenvalue weighted by Gasteiger charge is 2.21. The van der Waals surface area contributed by atoms with Gasteiger partial charge in [0.05, 0.1) is 4.88 Å². The fourth-order valence-electron chi connectivity index (χ4n) is 3.45. The summed E-state index contributed by atoms with van der Waals surface area (Å²) in [5.74, 6) is 0.260. The zero-order valence-corrected chi connectivity index (χ0v) is 17.2. The molecule has 0 bridgehead atoms. The van der Waals surface area contributed by atoms with Gasteiger partial charge in [0.25, 0.3) is 5.89 Å². The van der Waals surface area contributed by atoms with E-state index in [2.05, 4.69) is 14.9 Å². The van der Waals surface area contributed by atoms with Gasteiger partial charge in [0.1, 0.15) is 5.75 Å². The predicted molar refractivity (Wildman–Crippen MR) is 119 cm³/mol. The summed E-state index contributed by atoms with van der Waals surface area (Å²) < 4.78 is 10.5. The van der Waals surface area contributed by atoms with E-state index >= 15 is 0 Å². The summed E-state index contributed by atoms with van der Waals surface area (Å²) in [6, 6.07) is 21.3. The summed E-state index contributed by atoms with van der Waals surface area (Å²) in [7, 11) is 0. The molecule has 5 rings (SSSR count). The molecule has 2 aromatic heterocycles. The Morgan fingerprint density at radius 1 is 1.00 bits per heavy atom. The van der Waals surface area contributed by atoms with Crippen LogP contribution in [0.1, 0.15) is 15.2 Å². The second-order valence-electron chi connectivity index (χ2n) is 6.86. The number of ether oxygens (including phenoxy) is 1. The van der Waals surface area contributed by atoms with Crippen LogP contribution in [0.4, 0.5) is 0 Å². The van der Waals surface area contributed by atoms with Crippen molar-refractivity contribution in [2.45, 2.75) is 0 Å². The van der Waals surface area contributed by atoms with E-state index in [0.29, 0.717) is 16.0 Å². The van der Waals surface area contributed by atoms with Crippen molar-refractivity contribution in [1.82, 2.24) is 10.1 Å². The number of aromatic hydroxyl groups is 1. The van der Waals surface area contributed by atoms with Crippen molar-refractivity contribution in [3.05, 3.63) is 83.2 Å². The van der Waals surface area contributed by atoms with Crippen molar-refractivity contribution in [2.24, 2.45) is 0 Å². The molecular formula is C24H14N2O5S. The van der Waals surface area contributed by atoms with Crippen LogP contribution in [0.2, 0.25) is 0 Å². The summed E-state index contributed by atoms with van der Waals surface area (Å²) in [5, 5.41) is 14.4. The lowest BCUT2D eigenvalue weighted by atomic mass is 9.97. The minimum atomic E-state index is -0.168. The molecule has 0 saturated carbocycles. The highest BCUT2D eigenvalue weighted by molar-refractivity contribution is 7.21. The fraction of sp³-hybridized carbons (Fsp3) is 0. The molecule has 3 aromatic carbocycles. The average Bonchev–Trinajstić information content (AvgIpc) is 3.44. The first-order valence-corrected chi connectivity index (χ1v) is 10.4. The second-order valence-corrected chi connectivity index (χ2v) is 7.91. The number of carbonyl (C=O) groups excluding carboxylic acids is 2. The third-order valence-corrected chi connectivity index (χ3v) is 6.05. The van der Waals surface area contributed by atoms with Gasteiger partial charge in [0.15, 0.2) is 0 Å². The van der Waals surface area contributed by atoms with Gasteiger partial charge in [0, 0.05) is 26.8 Å². The van der Waals surface area contributed by atoms with Crippen LogP contribution in [0, 0.1) is 0 Å². The number of rotatable bonds is 6. The maximum Gasteiger partial charge on any atom is 0.362 e. The number of hydrogen-bond acceptors (Lipinski definition) is 8. The molecular weight excluding hydrogens is 428 g/mol. The van der Waals surface area contributed by atoms with E-state index in [1.165, 1.54) is 11.3 Å². The number of nitrogens with zero attached hydrogens (tertiary/aromatic N) is 2. The van der Waals surface area contributed by atoms with E-state index in [0.717, 1.165) is 21.2 Å². The molecule has 0 aliphatic carbocycles. The summed E-state index contributed by atoms with van der Waals surface area (Å²) in [6.45, 7) is 0.225. The molecule has 1 N–H and O–H groups in total. The van der Waals surface area contributed by atoms with Gasteiger partial charge < -0.3 is 14.4 Å². The molecule has 0 aliphatic heterocycles. The quantitative estimate of drug-likeness (QED) is 0.289. The molecule has 8 heteroatoms. The third-order valence-electron chi connectivity index (χ3n) is 4.90. The molecule has 0 aliphatic rings. The van der Waals surface area contributed by atoms with E-state index in [1.807, 2.05) is 36.4 Å². The largest absolute Gasteiger partial charge is 0.508 e. The summed E-state index contributed by atoms with van der Waals surface area (Å²) in [4.78, 5) is 28.3. The fourth-order valence-corrected chi connectivity index (χ4v) is 4.67. The molecule has 0 radical (unpaired) electrons. The van der Waals surface area contributed by atoms with E-state index in [-0.39, 0.29) is 29.9 Å². The van der Waals surface area contributed by atoms with E-state index in [9.17, 15) is 14.7 Å². The average molecular weight is 442 g/mol. The maximum atomic E-state index is 13.3. The van der Waals surface area contributed by atoms with Crippen molar-refractivity contribution < 1.29 is 24.0 Å². The van der Waals surface area contributed by atoms with Gasteiger partial charge in [0.2, 0.25) is 5.78 Å². The standard InChI is InChI=1S/C24H14N2O5S/c27-13-30-24-25-23(31-26-24)16-8-6-14(7-9-16)20-18-11-10-17(28)12-19(18)32-22(20)21(29)15-4-2-1-3-5-15/h1-13,28H. The number of aromatic nitrogens is 2. The Balaban J connectivity index is 1.61. The Morgan fingerprint density at radius 3 is 2.50 bits per heavy atom. The zero-order chi connectivity index (χ0) is 22.1. The first kappa shape index (κ1) is 19.7. The van der Waals surface area contributed by atoms with Crippen molar-refractivity contribution in [2.75, 3.05) is 0 Å². The zero-order valence-electron chi connectivity index (χ0n) is 16.4.